The van der Waals surface area contributed by atoms with Crippen molar-refractivity contribution >= 4 is 0 Å². The van der Waals surface area contributed by atoms with Gasteiger partial charge in [0.25, 0.3) is 0 Å². The lowest BCUT2D eigenvalue weighted by Gasteiger charge is -2.14. The van der Waals surface area contributed by atoms with Gasteiger partial charge in [-0.1, -0.05) is 11.6 Å². The fourth-order valence-electron chi connectivity index (χ4n) is 0.929. The van der Waals surface area contributed by atoms with Crippen LogP contribution >= 0.6 is 0 Å². The fraction of sp³-hybridized carbons (Fsp3) is 0.250. The Morgan fingerprint density at radius 3 is 2.31 bits per heavy atom. The summed E-state index contributed by atoms with van der Waals surface area (Å²) in [5.74, 6) is -0.860. The molecule has 0 aliphatic heterocycles. The summed E-state index contributed by atoms with van der Waals surface area (Å²) in [7, 11) is 0. The average Bonchev–Trinajstić information content (AvgIpc) is 2.03. The molecule has 0 unspecified atom stereocenters. The van der Waals surface area contributed by atoms with Crippen LogP contribution in [0.2, 0.25) is 0 Å². The summed E-state index contributed by atoms with van der Waals surface area (Å²) in [4.78, 5) is 0. The van der Waals surface area contributed by atoms with Gasteiger partial charge in [0, 0.05) is 0 Å². The van der Waals surface area contributed by atoms with Crippen LogP contribution in [0, 0.1) is 5.82 Å². The maximum Gasteiger partial charge on any atom is 0.416 e. The molecule has 0 nitrogen and oxygen atoms in total. The van der Waals surface area contributed by atoms with E-state index in [1.54, 1.807) is 0 Å². The Bertz CT molecular complexity index is 306. The minimum Gasteiger partial charge on any atom is -0.792 e. The lowest BCUT2D eigenvalue weighted by molar-refractivity contribution is -0.387. The Hall–Kier alpha value is -0.330. The monoisotopic (exact) mass is 304 g/mol. The molecule has 0 aromatic heterocycles. The van der Waals surface area contributed by atoms with Crippen LogP contribution in [0.15, 0.2) is 18.2 Å². The van der Waals surface area contributed by atoms with Gasteiger partial charge in [0.05, 0.1) is 5.56 Å². The Morgan fingerprint density at radius 2 is 1.85 bits per heavy atom. The topological polar surface area (TPSA) is 0 Å². The Balaban J connectivity index is 3.24. The zero-order valence-electron chi connectivity index (χ0n) is 6.33. The largest absolute Gasteiger partial charge is 0.792 e. The van der Waals surface area contributed by atoms with Gasteiger partial charge in [0.2, 0.25) is 0 Å². The lowest BCUT2D eigenvalue weighted by Crippen LogP contribution is -3.33. The zero-order chi connectivity index (χ0) is 10.1. The van der Waals surface area contributed by atoms with Gasteiger partial charge in [-0.2, -0.15) is 13.2 Å². The maximum absolute atomic E-state index is 12.5. The van der Waals surface area contributed by atoms with Crippen molar-refractivity contribution in [3.05, 3.63) is 35.1 Å². The van der Waals surface area contributed by atoms with Crippen LogP contribution in [0.1, 0.15) is 11.1 Å². The third-order valence-corrected chi connectivity index (χ3v) is 2.34. The number of hydrogen-bond acceptors (Lipinski definition) is 0. The Kier molecular flexibility index (Phi) is 3.15. The summed E-state index contributed by atoms with van der Waals surface area (Å²) in [6.45, 7) is 0. The zero-order valence-corrected chi connectivity index (χ0v) is 8.49. The van der Waals surface area contributed by atoms with Crippen molar-refractivity contribution in [2.75, 3.05) is 0 Å². The van der Waals surface area contributed by atoms with Crippen molar-refractivity contribution in [2.24, 2.45) is 0 Å². The Labute approximate surface area is 86.1 Å². The van der Waals surface area contributed by atoms with Crippen LogP contribution in [0.5, 0.6) is 0 Å². The Morgan fingerprint density at radius 1 is 1.23 bits per heavy atom. The second kappa shape index (κ2) is 3.81. The molecule has 73 valence electrons. The van der Waals surface area contributed by atoms with Gasteiger partial charge in [-0.15, -0.1) is 4.43 Å². The SMILES string of the molecule is Fc1ccc(C[I-])c(C(F)(F)F)c1. The predicted molar refractivity (Wildman–Crippen MR) is 35.1 cm³/mol. The van der Waals surface area contributed by atoms with E-state index in [4.69, 9.17) is 0 Å². The highest BCUT2D eigenvalue weighted by Gasteiger charge is 2.32. The predicted octanol–water partition coefficient (Wildman–Crippen LogP) is -0.102. The molecule has 1 aromatic rings. The van der Waals surface area contributed by atoms with E-state index in [0.717, 1.165) is 12.1 Å². The molecular formula is C8H5F4I-. The first kappa shape index (κ1) is 10.7. The normalized spacial score (nSPS) is 11.8. The molecule has 0 N–H and O–H groups in total. The van der Waals surface area contributed by atoms with Gasteiger partial charge in [0.15, 0.2) is 0 Å². The minimum atomic E-state index is -4.47. The van der Waals surface area contributed by atoms with Crippen molar-refractivity contribution in [3.63, 3.8) is 0 Å². The van der Waals surface area contributed by atoms with Gasteiger partial charge in [-0.3, -0.25) is 0 Å². The van der Waals surface area contributed by atoms with Gasteiger partial charge in [0.1, 0.15) is 5.82 Å². The minimum absolute atomic E-state index is 0.106. The third-order valence-electron chi connectivity index (χ3n) is 1.52. The van der Waals surface area contributed by atoms with E-state index in [1.807, 2.05) is 22.6 Å². The summed E-state index contributed by atoms with van der Waals surface area (Å²) in [6.07, 6.45) is -4.47. The molecule has 0 amide bonds. The molecule has 0 fully saturated rings. The maximum atomic E-state index is 12.5. The summed E-state index contributed by atoms with van der Waals surface area (Å²) >= 11 is 1.81. The first-order valence-electron chi connectivity index (χ1n) is 3.36. The molecule has 0 aliphatic carbocycles. The fourth-order valence-corrected chi connectivity index (χ4v) is 1.59. The highest BCUT2D eigenvalue weighted by atomic mass is 127. The first-order valence-corrected chi connectivity index (χ1v) is 4.89. The molecule has 0 saturated carbocycles. The molecular weight excluding hydrogens is 299 g/mol. The van der Waals surface area contributed by atoms with E-state index < -0.39 is 17.6 Å². The summed E-state index contributed by atoms with van der Waals surface area (Å²) in [5.41, 5.74) is -0.781. The second-order valence-electron chi connectivity index (χ2n) is 2.43. The molecule has 5 heteroatoms. The van der Waals surface area contributed by atoms with Crippen LogP contribution in [0.25, 0.3) is 0 Å². The van der Waals surface area contributed by atoms with Crippen LogP contribution in [0.3, 0.4) is 0 Å². The number of hydrogen-bond donors (Lipinski definition) is 0. The van der Waals surface area contributed by atoms with E-state index in [2.05, 4.69) is 0 Å². The first-order chi connectivity index (χ1) is 5.95. The lowest BCUT2D eigenvalue weighted by atomic mass is 10.1. The molecule has 1 aromatic carbocycles. The molecule has 0 bridgehead atoms. The summed E-state index contributed by atoms with van der Waals surface area (Å²) < 4.78 is 49.5. The highest BCUT2D eigenvalue weighted by molar-refractivity contribution is 5.29. The summed E-state index contributed by atoms with van der Waals surface area (Å²) in [5, 5.41) is 0. The smallest absolute Gasteiger partial charge is 0.416 e. The quantitative estimate of drug-likeness (QED) is 0.386. The molecule has 1 rings (SSSR count). The molecule has 0 heterocycles. The van der Waals surface area contributed by atoms with E-state index in [0.29, 0.717) is 6.07 Å². The van der Waals surface area contributed by atoms with Gasteiger partial charge in [-0.25, -0.2) is 4.39 Å². The van der Waals surface area contributed by atoms with Crippen molar-refractivity contribution in [1.29, 1.82) is 0 Å². The standard InChI is InChI=1S/C8H5F4I/c9-6-2-1-5(4-13)7(3-6)8(10,11)12/h1-3H,4H2/q-1. The van der Waals surface area contributed by atoms with E-state index in [9.17, 15) is 17.6 Å². The number of halogens is 5. The molecule has 1 radical (unpaired) electrons. The second-order valence-corrected chi connectivity index (χ2v) is 3.20. The van der Waals surface area contributed by atoms with Gasteiger partial charge >= 0.3 is 6.18 Å². The van der Waals surface area contributed by atoms with Crippen molar-refractivity contribution in [1.82, 2.24) is 0 Å². The van der Waals surface area contributed by atoms with E-state index in [-0.39, 0.29) is 9.99 Å². The number of benzene rings is 1. The molecule has 13 heavy (non-hydrogen) atoms. The van der Waals surface area contributed by atoms with Crippen LogP contribution in [-0.2, 0) is 10.6 Å². The third kappa shape index (κ3) is 2.55. The molecule has 0 spiro atoms. The number of rotatable bonds is 1. The van der Waals surface area contributed by atoms with Crippen LogP contribution in [-0.4, -0.2) is 0 Å². The molecule has 0 saturated heterocycles. The van der Waals surface area contributed by atoms with Crippen LogP contribution < -0.4 is 22.6 Å². The molecule has 0 atom stereocenters. The average molecular weight is 304 g/mol. The van der Waals surface area contributed by atoms with Crippen molar-refractivity contribution in [3.8, 4) is 0 Å². The summed E-state index contributed by atoms with van der Waals surface area (Å²) in [6, 6.07) is 2.71. The van der Waals surface area contributed by atoms with Crippen molar-refractivity contribution in [2.45, 2.75) is 10.6 Å². The van der Waals surface area contributed by atoms with Crippen molar-refractivity contribution < 1.29 is 40.2 Å². The van der Waals surface area contributed by atoms with E-state index in [1.165, 1.54) is 0 Å². The van der Waals surface area contributed by atoms with Crippen LogP contribution in [0.4, 0.5) is 17.6 Å². The van der Waals surface area contributed by atoms with Gasteiger partial charge in [-0.05, 0) is 12.1 Å². The highest BCUT2D eigenvalue weighted by Crippen LogP contribution is 2.31. The van der Waals surface area contributed by atoms with E-state index >= 15 is 0 Å². The number of alkyl halides is 4. The molecule has 0 aliphatic rings. The van der Waals surface area contributed by atoms with Gasteiger partial charge < -0.3 is 22.6 Å².